The molecule has 0 unspecified atom stereocenters. The van der Waals surface area contributed by atoms with Crippen molar-refractivity contribution in [2.45, 2.75) is 13.5 Å². The highest BCUT2D eigenvalue weighted by Crippen LogP contribution is 2.39. The van der Waals surface area contributed by atoms with E-state index in [9.17, 15) is 9.59 Å². The molecular weight excluding hydrogens is 521 g/mol. The van der Waals surface area contributed by atoms with Crippen LogP contribution in [-0.2, 0) is 11.4 Å². The van der Waals surface area contributed by atoms with Crippen LogP contribution in [0.15, 0.2) is 65.6 Å². The van der Waals surface area contributed by atoms with Crippen molar-refractivity contribution in [1.29, 1.82) is 0 Å². The summed E-state index contributed by atoms with van der Waals surface area (Å²) in [5.74, 6) is 1.10. The smallest absolute Gasteiger partial charge is 0.293 e. The van der Waals surface area contributed by atoms with Crippen molar-refractivity contribution in [2.24, 2.45) is 0 Å². The number of rotatable bonds is 9. The number of amides is 2. The normalized spacial score (nSPS) is 14.4. The van der Waals surface area contributed by atoms with Gasteiger partial charge in [0.2, 0.25) is 0 Å². The Hall–Kier alpha value is -3.13. The highest BCUT2D eigenvalue weighted by atomic mass is 35.5. The molecule has 1 aliphatic heterocycles. The molecule has 0 radical (unpaired) electrons. The molecule has 0 saturated carbocycles. The lowest BCUT2D eigenvalue weighted by Crippen LogP contribution is -2.32. The molecule has 3 aromatic carbocycles. The fourth-order valence-electron chi connectivity index (χ4n) is 3.43. The number of benzene rings is 3. The van der Waals surface area contributed by atoms with Gasteiger partial charge in [0.1, 0.15) is 19.0 Å². The van der Waals surface area contributed by atoms with E-state index in [1.807, 2.05) is 43.3 Å². The number of imide groups is 1. The van der Waals surface area contributed by atoms with Gasteiger partial charge in [0, 0.05) is 5.02 Å². The van der Waals surface area contributed by atoms with E-state index < -0.39 is 0 Å². The first-order valence-corrected chi connectivity index (χ1v) is 12.6. The highest BCUT2D eigenvalue weighted by molar-refractivity contribution is 8.18. The van der Waals surface area contributed by atoms with Crippen LogP contribution in [0.5, 0.6) is 17.2 Å². The summed E-state index contributed by atoms with van der Waals surface area (Å²) in [6, 6.07) is 18.2. The van der Waals surface area contributed by atoms with E-state index in [0.717, 1.165) is 22.9 Å². The van der Waals surface area contributed by atoms with Gasteiger partial charge in [-0.3, -0.25) is 14.5 Å². The number of thioether (sulfide) groups is 1. The molecule has 0 aromatic heterocycles. The second-order valence-electron chi connectivity index (χ2n) is 7.94. The van der Waals surface area contributed by atoms with Crippen LogP contribution >= 0.6 is 35.0 Å². The van der Waals surface area contributed by atoms with Crippen LogP contribution in [0.4, 0.5) is 4.79 Å². The maximum absolute atomic E-state index is 12.9. The van der Waals surface area contributed by atoms with Gasteiger partial charge in [-0.1, -0.05) is 53.0 Å². The SMILES string of the molecule is COc1cc(/C=C2\SC(=O)N(CCOc3ccc(C)cc3)C2=O)cc(Cl)c1OCc1ccc(Cl)cc1. The van der Waals surface area contributed by atoms with E-state index in [2.05, 4.69) is 0 Å². The molecule has 1 saturated heterocycles. The minimum absolute atomic E-state index is 0.150. The van der Waals surface area contributed by atoms with Crippen molar-refractivity contribution < 1.29 is 23.8 Å². The fraction of sp³-hybridized carbons (Fsp3) is 0.185. The predicted molar refractivity (Wildman–Crippen MR) is 143 cm³/mol. The van der Waals surface area contributed by atoms with E-state index in [-0.39, 0.29) is 30.9 Å². The standard InChI is InChI=1S/C27H23Cl2NO5S/c1-17-3-9-21(10-4-17)34-12-11-30-26(31)24(36-27(30)32)15-19-13-22(29)25(23(14-19)33-2)35-16-18-5-7-20(28)8-6-18/h3-10,13-15H,11-12,16H2,1-2H3/b24-15-. The summed E-state index contributed by atoms with van der Waals surface area (Å²) in [4.78, 5) is 26.8. The fourth-order valence-corrected chi connectivity index (χ4v) is 4.70. The molecule has 0 aliphatic carbocycles. The molecule has 1 fully saturated rings. The van der Waals surface area contributed by atoms with Gasteiger partial charge in [-0.05, 0) is 72.3 Å². The van der Waals surface area contributed by atoms with Gasteiger partial charge in [-0.25, -0.2) is 0 Å². The summed E-state index contributed by atoms with van der Waals surface area (Å²) in [5, 5.41) is 0.613. The Kier molecular flexibility index (Phi) is 8.46. The van der Waals surface area contributed by atoms with Gasteiger partial charge >= 0.3 is 0 Å². The summed E-state index contributed by atoms with van der Waals surface area (Å²) in [6.07, 6.45) is 1.61. The topological polar surface area (TPSA) is 65.1 Å². The first-order valence-electron chi connectivity index (χ1n) is 11.0. The van der Waals surface area contributed by atoms with Gasteiger partial charge in [0.25, 0.3) is 11.1 Å². The summed E-state index contributed by atoms with van der Waals surface area (Å²) < 4.78 is 17.0. The van der Waals surface area contributed by atoms with E-state index in [1.54, 1.807) is 30.3 Å². The summed E-state index contributed by atoms with van der Waals surface area (Å²) in [6.45, 7) is 2.61. The van der Waals surface area contributed by atoms with E-state index >= 15 is 0 Å². The monoisotopic (exact) mass is 543 g/mol. The third kappa shape index (κ3) is 6.35. The molecule has 0 bridgehead atoms. The van der Waals surface area contributed by atoms with Crippen LogP contribution in [0.25, 0.3) is 6.08 Å². The molecule has 0 N–H and O–H groups in total. The molecule has 3 aromatic rings. The Bertz CT molecular complexity index is 1290. The summed E-state index contributed by atoms with van der Waals surface area (Å²) in [7, 11) is 1.51. The Labute approximate surface area is 223 Å². The van der Waals surface area contributed by atoms with Crippen LogP contribution in [0.1, 0.15) is 16.7 Å². The average molecular weight is 544 g/mol. The number of aryl methyl sites for hydroxylation is 1. The second kappa shape index (κ2) is 11.7. The number of carbonyl (C=O) groups excluding carboxylic acids is 2. The molecule has 6 nitrogen and oxygen atoms in total. The molecule has 0 spiro atoms. The zero-order valence-corrected chi connectivity index (χ0v) is 22.0. The van der Waals surface area contributed by atoms with E-state index in [4.69, 9.17) is 37.4 Å². The van der Waals surface area contributed by atoms with Crippen molar-refractivity contribution in [3.63, 3.8) is 0 Å². The lowest BCUT2D eigenvalue weighted by Gasteiger charge is -2.14. The van der Waals surface area contributed by atoms with Gasteiger partial charge in [-0.15, -0.1) is 0 Å². The third-order valence-electron chi connectivity index (χ3n) is 5.32. The van der Waals surface area contributed by atoms with Crippen LogP contribution < -0.4 is 14.2 Å². The zero-order valence-electron chi connectivity index (χ0n) is 19.6. The third-order valence-corrected chi connectivity index (χ3v) is 6.76. The number of methoxy groups -OCH3 is 1. The average Bonchev–Trinajstić information content (AvgIpc) is 3.12. The number of nitrogens with zero attached hydrogens (tertiary/aromatic N) is 1. The Morgan fingerprint density at radius 2 is 1.69 bits per heavy atom. The number of ether oxygens (including phenoxy) is 3. The molecule has 1 heterocycles. The van der Waals surface area contributed by atoms with Crippen LogP contribution in [0.3, 0.4) is 0 Å². The van der Waals surface area contributed by atoms with Crippen molar-refractivity contribution in [3.05, 3.63) is 92.3 Å². The van der Waals surface area contributed by atoms with E-state index in [0.29, 0.717) is 37.8 Å². The molecule has 186 valence electrons. The molecule has 1 aliphatic rings. The van der Waals surface area contributed by atoms with Crippen LogP contribution in [0, 0.1) is 6.92 Å². The maximum Gasteiger partial charge on any atom is 0.293 e. The second-order valence-corrected chi connectivity index (χ2v) is 9.78. The van der Waals surface area contributed by atoms with Gasteiger partial charge < -0.3 is 14.2 Å². The summed E-state index contributed by atoms with van der Waals surface area (Å²) in [5.41, 5.74) is 2.65. The highest BCUT2D eigenvalue weighted by Gasteiger charge is 2.35. The van der Waals surface area contributed by atoms with Gasteiger partial charge in [0.15, 0.2) is 11.5 Å². The lowest BCUT2D eigenvalue weighted by molar-refractivity contribution is -0.123. The number of hydrogen-bond acceptors (Lipinski definition) is 6. The minimum Gasteiger partial charge on any atom is -0.493 e. The molecular formula is C27H23Cl2NO5S. The Balaban J connectivity index is 1.43. The van der Waals surface area contributed by atoms with Crippen LogP contribution in [-0.4, -0.2) is 36.3 Å². The Morgan fingerprint density at radius 3 is 2.39 bits per heavy atom. The first kappa shape index (κ1) is 25.9. The number of carbonyl (C=O) groups is 2. The number of halogens is 2. The van der Waals surface area contributed by atoms with Crippen molar-refractivity contribution >= 4 is 52.2 Å². The molecule has 36 heavy (non-hydrogen) atoms. The summed E-state index contributed by atoms with van der Waals surface area (Å²) >= 11 is 13.3. The Morgan fingerprint density at radius 1 is 0.972 bits per heavy atom. The van der Waals surface area contributed by atoms with Crippen molar-refractivity contribution in [3.8, 4) is 17.2 Å². The minimum atomic E-state index is -0.379. The zero-order chi connectivity index (χ0) is 25.7. The predicted octanol–water partition coefficient (Wildman–Crippen LogP) is 7.00. The quantitative estimate of drug-likeness (QED) is 0.270. The van der Waals surface area contributed by atoms with Crippen LogP contribution in [0.2, 0.25) is 10.0 Å². The maximum atomic E-state index is 12.9. The first-order chi connectivity index (χ1) is 17.3. The molecule has 9 heteroatoms. The van der Waals surface area contributed by atoms with Gasteiger partial charge in [0.05, 0.1) is 23.6 Å². The largest absolute Gasteiger partial charge is 0.493 e. The number of hydrogen-bond donors (Lipinski definition) is 0. The lowest BCUT2D eigenvalue weighted by atomic mass is 10.1. The van der Waals surface area contributed by atoms with Crippen molar-refractivity contribution in [1.82, 2.24) is 4.90 Å². The van der Waals surface area contributed by atoms with E-state index in [1.165, 1.54) is 12.0 Å². The van der Waals surface area contributed by atoms with Gasteiger partial charge in [-0.2, -0.15) is 0 Å². The molecule has 0 atom stereocenters. The molecule has 2 amide bonds. The molecule has 4 rings (SSSR count). The van der Waals surface area contributed by atoms with Crippen molar-refractivity contribution in [2.75, 3.05) is 20.3 Å².